The Hall–Kier alpha value is -2.49. The van der Waals surface area contributed by atoms with Crippen molar-refractivity contribution in [1.29, 1.82) is 0 Å². The first-order valence-electron chi connectivity index (χ1n) is 9.37. The first-order valence-corrected chi connectivity index (χ1v) is 9.37. The van der Waals surface area contributed by atoms with Gasteiger partial charge >= 0.3 is 0 Å². The van der Waals surface area contributed by atoms with Crippen LogP contribution in [0.25, 0.3) is 0 Å². The van der Waals surface area contributed by atoms with Gasteiger partial charge in [0, 0.05) is 18.8 Å². The second-order valence-corrected chi connectivity index (χ2v) is 7.18. The lowest BCUT2D eigenvalue weighted by atomic mass is 9.99. The van der Waals surface area contributed by atoms with Gasteiger partial charge in [0.1, 0.15) is 5.75 Å². The van der Waals surface area contributed by atoms with Crippen molar-refractivity contribution in [2.24, 2.45) is 5.92 Å². The minimum absolute atomic E-state index is 0.0678. The molecule has 1 heterocycles. The van der Waals surface area contributed by atoms with Gasteiger partial charge in [-0.25, -0.2) is 0 Å². The van der Waals surface area contributed by atoms with Crippen molar-refractivity contribution in [2.75, 3.05) is 25.1 Å². The fraction of sp³-hybridized carbons (Fsp3) is 0.409. The molecule has 3 rings (SSSR count). The van der Waals surface area contributed by atoms with E-state index in [2.05, 4.69) is 41.4 Å². The van der Waals surface area contributed by atoms with Crippen molar-refractivity contribution in [2.45, 2.75) is 32.7 Å². The molecule has 1 aliphatic heterocycles. The fourth-order valence-electron chi connectivity index (χ4n) is 3.59. The summed E-state index contributed by atoms with van der Waals surface area (Å²) in [6, 6.07) is 15.8. The molecule has 1 amide bonds. The summed E-state index contributed by atoms with van der Waals surface area (Å²) in [4.78, 5) is 15.0. The Morgan fingerprint density at radius 1 is 1.19 bits per heavy atom. The Morgan fingerprint density at radius 2 is 1.92 bits per heavy atom. The van der Waals surface area contributed by atoms with Crippen LogP contribution < -0.4 is 15.0 Å². The Labute approximate surface area is 156 Å². The molecule has 0 saturated carbocycles. The maximum absolute atomic E-state index is 12.6. The Balaban J connectivity index is 1.66. The summed E-state index contributed by atoms with van der Waals surface area (Å²) in [6.45, 7) is 6.57. The molecule has 0 spiro atoms. The number of para-hydroxylation sites is 1. The minimum Gasteiger partial charge on any atom is -0.496 e. The molecule has 2 atom stereocenters. The molecule has 2 aromatic rings. The van der Waals surface area contributed by atoms with Crippen molar-refractivity contribution in [1.82, 2.24) is 5.32 Å². The molecule has 0 aliphatic carbocycles. The zero-order valence-electron chi connectivity index (χ0n) is 15.9. The predicted octanol–water partition coefficient (Wildman–Crippen LogP) is 4.42. The van der Waals surface area contributed by atoms with Crippen molar-refractivity contribution in [3.8, 4) is 5.75 Å². The standard InChI is InChI=1S/C22H28N2O2/c1-16-7-6-14-24(15-16)19-12-10-18(11-13-19)17(2)23-22(25)20-8-4-5-9-21(20)26-3/h4-5,8-13,16-17H,6-7,14-15H2,1-3H3,(H,23,25)/t16-,17-/m1/s1. The summed E-state index contributed by atoms with van der Waals surface area (Å²) in [5.41, 5.74) is 2.92. The molecule has 26 heavy (non-hydrogen) atoms. The highest BCUT2D eigenvalue weighted by Crippen LogP contribution is 2.25. The smallest absolute Gasteiger partial charge is 0.255 e. The number of methoxy groups -OCH3 is 1. The average Bonchev–Trinajstić information content (AvgIpc) is 2.68. The largest absolute Gasteiger partial charge is 0.496 e. The number of hydrogen-bond acceptors (Lipinski definition) is 3. The third kappa shape index (κ3) is 4.18. The molecule has 1 fully saturated rings. The van der Waals surface area contributed by atoms with Gasteiger partial charge in [0.15, 0.2) is 0 Å². The first-order chi connectivity index (χ1) is 12.6. The van der Waals surface area contributed by atoms with Crippen LogP contribution in [0.15, 0.2) is 48.5 Å². The highest BCUT2D eigenvalue weighted by Gasteiger charge is 2.18. The summed E-state index contributed by atoms with van der Waals surface area (Å²) < 4.78 is 5.28. The minimum atomic E-state index is -0.121. The van der Waals surface area contributed by atoms with Crippen LogP contribution >= 0.6 is 0 Å². The molecule has 0 bridgehead atoms. The van der Waals surface area contributed by atoms with E-state index in [0.717, 1.165) is 24.6 Å². The number of benzene rings is 2. The van der Waals surface area contributed by atoms with Crippen LogP contribution in [-0.2, 0) is 0 Å². The van der Waals surface area contributed by atoms with E-state index < -0.39 is 0 Å². The molecule has 0 radical (unpaired) electrons. The van der Waals surface area contributed by atoms with Crippen LogP contribution in [0, 0.1) is 5.92 Å². The van der Waals surface area contributed by atoms with Gasteiger partial charge in [-0.3, -0.25) is 4.79 Å². The lowest BCUT2D eigenvalue weighted by Crippen LogP contribution is -2.34. The van der Waals surface area contributed by atoms with E-state index in [0.29, 0.717) is 11.3 Å². The van der Waals surface area contributed by atoms with Crippen LogP contribution in [0.4, 0.5) is 5.69 Å². The summed E-state index contributed by atoms with van der Waals surface area (Å²) in [6.07, 6.45) is 2.58. The van der Waals surface area contributed by atoms with E-state index in [1.165, 1.54) is 18.5 Å². The van der Waals surface area contributed by atoms with Crippen molar-refractivity contribution < 1.29 is 9.53 Å². The number of piperidine rings is 1. The van der Waals surface area contributed by atoms with E-state index in [1.54, 1.807) is 19.2 Å². The molecule has 2 aromatic carbocycles. The third-order valence-electron chi connectivity index (χ3n) is 5.11. The molecule has 138 valence electrons. The van der Waals surface area contributed by atoms with E-state index >= 15 is 0 Å². The lowest BCUT2D eigenvalue weighted by molar-refractivity contribution is 0.0937. The number of carbonyl (C=O) groups excluding carboxylic acids is 1. The maximum Gasteiger partial charge on any atom is 0.255 e. The number of amides is 1. The van der Waals surface area contributed by atoms with E-state index in [1.807, 2.05) is 19.1 Å². The number of carbonyl (C=O) groups is 1. The Bertz CT molecular complexity index is 742. The Kier molecular flexibility index (Phi) is 5.82. The predicted molar refractivity (Wildman–Crippen MR) is 106 cm³/mol. The number of nitrogens with one attached hydrogen (secondary N) is 1. The number of nitrogens with zero attached hydrogens (tertiary/aromatic N) is 1. The number of hydrogen-bond donors (Lipinski definition) is 1. The zero-order valence-corrected chi connectivity index (χ0v) is 15.9. The van der Waals surface area contributed by atoms with Crippen LogP contribution in [0.1, 0.15) is 48.7 Å². The second kappa shape index (κ2) is 8.26. The molecule has 4 nitrogen and oxygen atoms in total. The molecule has 1 saturated heterocycles. The molecule has 1 aliphatic rings. The zero-order chi connectivity index (χ0) is 18.5. The summed E-state index contributed by atoms with van der Waals surface area (Å²) >= 11 is 0. The van der Waals surface area contributed by atoms with Crippen LogP contribution in [0.3, 0.4) is 0 Å². The maximum atomic E-state index is 12.6. The summed E-state index contributed by atoms with van der Waals surface area (Å²) in [5, 5.41) is 3.06. The molecule has 1 N–H and O–H groups in total. The molecule has 0 unspecified atom stereocenters. The van der Waals surface area contributed by atoms with Gasteiger partial charge in [-0.1, -0.05) is 31.2 Å². The van der Waals surface area contributed by atoms with E-state index in [4.69, 9.17) is 4.74 Å². The topological polar surface area (TPSA) is 41.6 Å². The van der Waals surface area contributed by atoms with Crippen LogP contribution in [0.2, 0.25) is 0 Å². The summed E-state index contributed by atoms with van der Waals surface area (Å²) in [7, 11) is 1.58. The highest BCUT2D eigenvalue weighted by molar-refractivity contribution is 5.97. The average molecular weight is 352 g/mol. The van der Waals surface area contributed by atoms with Gasteiger partial charge in [-0.05, 0) is 55.5 Å². The SMILES string of the molecule is COc1ccccc1C(=O)N[C@H](C)c1ccc(N2CCC[C@@H](C)C2)cc1. The van der Waals surface area contributed by atoms with Gasteiger partial charge in [-0.2, -0.15) is 0 Å². The molecule has 0 aromatic heterocycles. The number of anilines is 1. The van der Waals surface area contributed by atoms with Gasteiger partial charge < -0.3 is 15.0 Å². The van der Waals surface area contributed by atoms with Crippen molar-refractivity contribution in [3.63, 3.8) is 0 Å². The first kappa shape index (κ1) is 18.3. The lowest BCUT2D eigenvalue weighted by Gasteiger charge is -2.33. The number of ether oxygens (including phenoxy) is 1. The summed E-state index contributed by atoms with van der Waals surface area (Å²) in [5.74, 6) is 1.22. The fourth-order valence-corrected chi connectivity index (χ4v) is 3.59. The molecular formula is C22H28N2O2. The van der Waals surface area contributed by atoms with Gasteiger partial charge in [0.25, 0.3) is 5.91 Å². The van der Waals surface area contributed by atoms with Gasteiger partial charge in [0.05, 0.1) is 18.7 Å². The second-order valence-electron chi connectivity index (χ2n) is 7.18. The van der Waals surface area contributed by atoms with Gasteiger partial charge in [0.2, 0.25) is 0 Å². The van der Waals surface area contributed by atoms with E-state index in [9.17, 15) is 4.79 Å². The normalized spacial score (nSPS) is 18.3. The Morgan fingerprint density at radius 3 is 2.62 bits per heavy atom. The molecule has 4 heteroatoms. The number of rotatable bonds is 5. The monoisotopic (exact) mass is 352 g/mol. The highest BCUT2D eigenvalue weighted by atomic mass is 16.5. The van der Waals surface area contributed by atoms with Crippen LogP contribution in [-0.4, -0.2) is 26.1 Å². The van der Waals surface area contributed by atoms with Gasteiger partial charge in [-0.15, -0.1) is 0 Å². The van der Waals surface area contributed by atoms with Crippen molar-refractivity contribution >= 4 is 11.6 Å². The third-order valence-corrected chi connectivity index (χ3v) is 5.11. The van der Waals surface area contributed by atoms with Crippen LogP contribution in [0.5, 0.6) is 5.75 Å². The van der Waals surface area contributed by atoms with E-state index in [-0.39, 0.29) is 11.9 Å². The molecular weight excluding hydrogens is 324 g/mol. The quantitative estimate of drug-likeness (QED) is 0.866. The van der Waals surface area contributed by atoms with Crippen molar-refractivity contribution in [3.05, 3.63) is 59.7 Å².